The summed E-state index contributed by atoms with van der Waals surface area (Å²) in [5.74, 6) is 1.22. The van der Waals surface area contributed by atoms with Gasteiger partial charge in [-0.2, -0.15) is 11.8 Å². The first kappa shape index (κ1) is 17.3. The van der Waals surface area contributed by atoms with Crippen LogP contribution in [0, 0.1) is 0 Å². The Morgan fingerprint density at radius 1 is 0.941 bits per heavy atom. The average molecular weight is 260 g/mol. The Bertz CT molecular complexity index is 142. The van der Waals surface area contributed by atoms with E-state index in [2.05, 4.69) is 6.92 Å². The fraction of sp³-hybridized carbons (Fsp3) is 1.00. The molecule has 0 spiro atoms. The third-order valence-corrected chi connectivity index (χ3v) is 3.97. The van der Waals surface area contributed by atoms with Crippen LogP contribution in [0.15, 0.2) is 0 Å². The predicted octanol–water partition coefficient (Wildman–Crippen LogP) is 4.48. The molecular formula is C14H28O2S. The van der Waals surface area contributed by atoms with Gasteiger partial charge in [-0.1, -0.05) is 58.3 Å². The third-order valence-electron chi connectivity index (χ3n) is 2.91. The van der Waals surface area contributed by atoms with Crippen molar-refractivity contribution in [2.75, 3.05) is 18.1 Å². The van der Waals surface area contributed by atoms with E-state index >= 15 is 0 Å². The molecule has 2 nitrogen and oxygen atoms in total. The van der Waals surface area contributed by atoms with Gasteiger partial charge in [0.25, 0.3) is 0 Å². The van der Waals surface area contributed by atoms with Crippen LogP contribution in [0.5, 0.6) is 0 Å². The molecule has 0 N–H and O–H groups in total. The van der Waals surface area contributed by atoms with Crippen molar-refractivity contribution in [1.82, 2.24) is 0 Å². The Balaban J connectivity index is 3.05. The molecule has 0 aromatic heterocycles. The Kier molecular flexibility index (Phi) is 14.6. The fourth-order valence-electron chi connectivity index (χ4n) is 1.86. The van der Waals surface area contributed by atoms with Gasteiger partial charge < -0.3 is 0 Å². The normalized spacial score (nSPS) is 12.9. The number of hydrogen-bond donors (Lipinski definition) is 0. The molecule has 0 bridgehead atoms. The first-order valence-corrected chi connectivity index (χ1v) is 8.28. The van der Waals surface area contributed by atoms with Gasteiger partial charge in [-0.05, 0) is 6.42 Å². The van der Waals surface area contributed by atoms with Crippen LogP contribution in [-0.4, -0.2) is 24.2 Å². The molecule has 2 radical (unpaired) electrons. The molecule has 0 saturated heterocycles. The molecule has 0 amide bonds. The standard InChI is InChI=1S/C14H28O2S/c1-2-3-4-5-6-7-8-9-10-14(16)13-17-12-11-15/h14H,2-13H2,1H3. The molecule has 102 valence electrons. The molecule has 0 aromatic rings. The smallest absolute Gasteiger partial charge is 0.102 e. The zero-order valence-corrected chi connectivity index (χ0v) is 12.1. The van der Waals surface area contributed by atoms with E-state index < -0.39 is 6.10 Å². The van der Waals surface area contributed by atoms with E-state index in [0.29, 0.717) is 11.5 Å². The molecule has 1 unspecified atom stereocenters. The monoisotopic (exact) mass is 260 g/mol. The van der Waals surface area contributed by atoms with Crippen LogP contribution in [0.3, 0.4) is 0 Å². The average Bonchev–Trinajstić information content (AvgIpc) is 2.33. The third kappa shape index (κ3) is 14.2. The largest absolute Gasteiger partial charge is 0.236 e. The molecule has 0 aliphatic heterocycles. The molecule has 0 heterocycles. The van der Waals surface area contributed by atoms with Crippen molar-refractivity contribution in [3.63, 3.8) is 0 Å². The second-order valence-corrected chi connectivity index (χ2v) is 5.81. The molecular weight excluding hydrogens is 232 g/mol. The summed E-state index contributed by atoms with van der Waals surface area (Å²) < 4.78 is 0. The lowest BCUT2D eigenvalue weighted by atomic mass is 10.1. The van der Waals surface area contributed by atoms with Gasteiger partial charge in [-0.15, -0.1) is 0 Å². The molecule has 0 aromatic carbocycles. The Morgan fingerprint density at radius 2 is 1.53 bits per heavy atom. The first-order chi connectivity index (χ1) is 8.31. The maximum absolute atomic E-state index is 11.5. The van der Waals surface area contributed by atoms with Crippen LogP contribution in [-0.2, 0) is 10.2 Å². The van der Waals surface area contributed by atoms with Crippen molar-refractivity contribution in [2.24, 2.45) is 0 Å². The van der Waals surface area contributed by atoms with Gasteiger partial charge in [-0.3, -0.25) is 0 Å². The van der Waals surface area contributed by atoms with E-state index in [1.165, 1.54) is 56.7 Å². The molecule has 0 fully saturated rings. The van der Waals surface area contributed by atoms with Gasteiger partial charge in [0.15, 0.2) is 0 Å². The van der Waals surface area contributed by atoms with Crippen molar-refractivity contribution in [1.29, 1.82) is 0 Å². The highest BCUT2D eigenvalue weighted by molar-refractivity contribution is 7.99. The molecule has 17 heavy (non-hydrogen) atoms. The fourth-order valence-corrected chi connectivity index (χ4v) is 2.58. The van der Waals surface area contributed by atoms with Crippen molar-refractivity contribution in [3.05, 3.63) is 0 Å². The van der Waals surface area contributed by atoms with E-state index in [1.807, 2.05) is 0 Å². The molecule has 0 aliphatic rings. The van der Waals surface area contributed by atoms with E-state index in [-0.39, 0.29) is 6.61 Å². The highest BCUT2D eigenvalue weighted by Gasteiger charge is 2.05. The molecule has 1 atom stereocenters. The number of hydrogen-bond acceptors (Lipinski definition) is 1. The van der Waals surface area contributed by atoms with Gasteiger partial charge in [0.2, 0.25) is 0 Å². The first-order valence-electron chi connectivity index (χ1n) is 7.13. The second-order valence-electron chi connectivity index (χ2n) is 4.66. The summed E-state index contributed by atoms with van der Waals surface area (Å²) in [6.07, 6.45) is 10.6. The lowest BCUT2D eigenvalue weighted by molar-refractivity contribution is 0.0989. The van der Waals surface area contributed by atoms with Gasteiger partial charge in [0.1, 0.15) is 6.10 Å². The van der Waals surface area contributed by atoms with Crippen LogP contribution in [0.25, 0.3) is 0 Å². The van der Waals surface area contributed by atoms with E-state index in [4.69, 9.17) is 0 Å². The summed E-state index contributed by atoms with van der Waals surface area (Å²) in [6.45, 7) is 2.18. The Labute approximate surface area is 111 Å². The highest BCUT2D eigenvalue weighted by Crippen LogP contribution is 2.13. The summed E-state index contributed by atoms with van der Waals surface area (Å²) >= 11 is 1.51. The number of rotatable bonds is 13. The van der Waals surface area contributed by atoms with Crippen LogP contribution in [0.2, 0.25) is 0 Å². The summed E-state index contributed by atoms with van der Waals surface area (Å²) in [7, 11) is 0. The van der Waals surface area contributed by atoms with Crippen LogP contribution >= 0.6 is 11.8 Å². The summed E-state index contributed by atoms with van der Waals surface area (Å²) in [4.78, 5) is 0. The van der Waals surface area contributed by atoms with Crippen molar-refractivity contribution < 1.29 is 10.2 Å². The summed E-state index contributed by atoms with van der Waals surface area (Å²) in [5, 5.41) is 21.6. The minimum Gasteiger partial charge on any atom is -0.236 e. The minimum atomic E-state index is -0.452. The predicted molar refractivity (Wildman–Crippen MR) is 74.6 cm³/mol. The zero-order valence-electron chi connectivity index (χ0n) is 11.3. The highest BCUT2D eigenvalue weighted by atomic mass is 32.2. The molecule has 0 saturated carbocycles. The number of thioether (sulfide) groups is 1. The lowest BCUT2D eigenvalue weighted by Gasteiger charge is -2.07. The van der Waals surface area contributed by atoms with Gasteiger partial charge >= 0.3 is 0 Å². The summed E-state index contributed by atoms with van der Waals surface area (Å²) in [6, 6.07) is 0. The van der Waals surface area contributed by atoms with E-state index in [0.717, 1.165) is 12.8 Å². The Morgan fingerprint density at radius 3 is 2.12 bits per heavy atom. The van der Waals surface area contributed by atoms with Crippen LogP contribution in [0.4, 0.5) is 0 Å². The number of unbranched alkanes of at least 4 members (excludes halogenated alkanes) is 7. The summed E-state index contributed by atoms with van der Waals surface area (Å²) in [5.41, 5.74) is 0. The van der Waals surface area contributed by atoms with Gasteiger partial charge in [0.05, 0.1) is 6.61 Å². The lowest BCUT2D eigenvalue weighted by Crippen LogP contribution is -2.08. The molecule has 0 rings (SSSR count). The topological polar surface area (TPSA) is 39.8 Å². The maximum atomic E-state index is 11.5. The zero-order chi connectivity index (χ0) is 12.8. The van der Waals surface area contributed by atoms with E-state index in [1.54, 1.807) is 0 Å². The van der Waals surface area contributed by atoms with Crippen LogP contribution in [0.1, 0.15) is 64.7 Å². The van der Waals surface area contributed by atoms with Crippen molar-refractivity contribution >= 4 is 11.8 Å². The van der Waals surface area contributed by atoms with Crippen molar-refractivity contribution in [2.45, 2.75) is 70.8 Å². The van der Waals surface area contributed by atoms with Crippen molar-refractivity contribution in [3.8, 4) is 0 Å². The van der Waals surface area contributed by atoms with Crippen LogP contribution < -0.4 is 0 Å². The minimum absolute atomic E-state index is 0.0604. The maximum Gasteiger partial charge on any atom is 0.102 e. The van der Waals surface area contributed by atoms with Gasteiger partial charge in [-0.25, -0.2) is 10.2 Å². The Hall–Kier alpha value is 0.270. The van der Waals surface area contributed by atoms with E-state index in [9.17, 15) is 10.2 Å². The molecule has 0 aliphatic carbocycles. The second kappa shape index (κ2) is 14.3. The van der Waals surface area contributed by atoms with Gasteiger partial charge in [0, 0.05) is 11.5 Å². The SMILES string of the molecule is CCCCCCCCCCC([O])CSCC[O]. The molecule has 3 heteroatoms. The quantitative estimate of drug-likeness (QED) is 0.450.